The third-order valence-electron chi connectivity index (χ3n) is 3.17. The first-order valence-electron chi connectivity index (χ1n) is 5.79. The summed E-state index contributed by atoms with van der Waals surface area (Å²) in [6.45, 7) is 7.92. The Morgan fingerprint density at radius 2 is 2.21 bits per heavy atom. The topological polar surface area (TPSA) is 29.3 Å². The van der Waals surface area contributed by atoms with Gasteiger partial charge in [-0.1, -0.05) is 6.92 Å². The average Bonchev–Trinajstić information content (AvgIpc) is 2.21. The Balaban J connectivity index is 2.25. The number of hydrogen-bond donors (Lipinski definition) is 1. The van der Waals surface area contributed by atoms with Crippen LogP contribution in [0.5, 0.6) is 0 Å². The van der Waals surface area contributed by atoms with Crippen LogP contribution in [-0.2, 0) is 0 Å². The van der Waals surface area contributed by atoms with Gasteiger partial charge in [-0.05, 0) is 38.0 Å². The summed E-state index contributed by atoms with van der Waals surface area (Å²) in [5.74, 6) is 3.26. The van der Waals surface area contributed by atoms with Gasteiger partial charge in [0, 0.05) is 24.9 Å². The first-order chi connectivity index (χ1) is 6.77. The van der Waals surface area contributed by atoms with Crippen molar-refractivity contribution in [3.05, 3.63) is 0 Å². The Labute approximate surface area is 92.6 Å². The quantitative estimate of drug-likeness (QED) is 0.711. The van der Waals surface area contributed by atoms with Gasteiger partial charge in [-0.2, -0.15) is 11.8 Å². The van der Waals surface area contributed by atoms with Crippen LogP contribution in [0, 0.1) is 5.92 Å². The molecule has 2 atom stereocenters. The van der Waals surface area contributed by atoms with E-state index in [4.69, 9.17) is 5.73 Å². The molecule has 3 heteroatoms. The lowest BCUT2D eigenvalue weighted by Crippen LogP contribution is -2.44. The van der Waals surface area contributed by atoms with Gasteiger partial charge < -0.3 is 5.73 Å². The zero-order valence-electron chi connectivity index (χ0n) is 9.54. The maximum atomic E-state index is 5.73. The average molecular weight is 216 g/mol. The number of nitrogens with two attached hydrogens (primary N) is 1. The van der Waals surface area contributed by atoms with E-state index >= 15 is 0 Å². The summed E-state index contributed by atoms with van der Waals surface area (Å²) >= 11 is 2.04. The van der Waals surface area contributed by atoms with Crippen LogP contribution < -0.4 is 5.73 Å². The van der Waals surface area contributed by atoms with Crippen molar-refractivity contribution in [2.75, 3.05) is 31.1 Å². The predicted octanol–water partition coefficient (Wildman–Crippen LogP) is 1.80. The summed E-state index contributed by atoms with van der Waals surface area (Å²) < 4.78 is 0. The van der Waals surface area contributed by atoms with Gasteiger partial charge in [0.15, 0.2) is 0 Å². The number of nitrogens with zero attached hydrogens (tertiary/aromatic N) is 1. The maximum Gasteiger partial charge on any atom is 0.00753 e. The van der Waals surface area contributed by atoms with Gasteiger partial charge in [-0.15, -0.1) is 0 Å². The zero-order valence-corrected chi connectivity index (χ0v) is 10.4. The first kappa shape index (κ1) is 12.3. The summed E-state index contributed by atoms with van der Waals surface area (Å²) in [7, 11) is 0. The lowest BCUT2D eigenvalue weighted by atomic mass is 9.94. The van der Waals surface area contributed by atoms with E-state index in [1.807, 2.05) is 11.8 Å². The van der Waals surface area contributed by atoms with E-state index in [-0.39, 0.29) is 0 Å². The molecule has 1 fully saturated rings. The maximum absolute atomic E-state index is 5.73. The van der Waals surface area contributed by atoms with Crippen LogP contribution in [-0.4, -0.2) is 42.1 Å². The molecular formula is C11H24N2S. The highest BCUT2D eigenvalue weighted by atomic mass is 32.2. The normalized spacial score (nSPS) is 29.4. The number of piperidine rings is 1. The van der Waals surface area contributed by atoms with Gasteiger partial charge in [-0.3, -0.25) is 4.90 Å². The highest BCUT2D eigenvalue weighted by molar-refractivity contribution is 7.99. The van der Waals surface area contributed by atoms with Crippen LogP contribution in [0.2, 0.25) is 0 Å². The molecule has 2 N–H and O–H groups in total. The molecule has 0 aromatic heterocycles. The van der Waals surface area contributed by atoms with Crippen LogP contribution in [0.3, 0.4) is 0 Å². The van der Waals surface area contributed by atoms with Gasteiger partial charge >= 0.3 is 0 Å². The largest absolute Gasteiger partial charge is 0.330 e. The van der Waals surface area contributed by atoms with Crippen molar-refractivity contribution in [1.82, 2.24) is 4.90 Å². The third-order valence-corrected chi connectivity index (χ3v) is 4.05. The van der Waals surface area contributed by atoms with E-state index in [2.05, 4.69) is 18.7 Å². The Morgan fingerprint density at radius 3 is 2.86 bits per heavy atom. The third kappa shape index (κ3) is 3.79. The number of hydrogen-bond acceptors (Lipinski definition) is 3. The molecule has 1 aliphatic rings. The van der Waals surface area contributed by atoms with Crippen molar-refractivity contribution in [2.24, 2.45) is 11.7 Å². The summed E-state index contributed by atoms with van der Waals surface area (Å²) in [6, 6.07) is 0.773. The van der Waals surface area contributed by atoms with Gasteiger partial charge in [0.2, 0.25) is 0 Å². The predicted molar refractivity (Wildman–Crippen MR) is 65.8 cm³/mol. The number of likely N-dealkylation sites (tertiary alicyclic amines) is 1. The fraction of sp³-hybridized carbons (Fsp3) is 1.00. The molecule has 0 amide bonds. The lowest BCUT2D eigenvalue weighted by Gasteiger charge is -2.37. The van der Waals surface area contributed by atoms with Crippen LogP contribution in [0.1, 0.15) is 26.7 Å². The van der Waals surface area contributed by atoms with E-state index in [1.165, 1.54) is 37.4 Å². The Bertz CT molecular complexity index is 152. The van der Waals surface area contributed by atoms with Crippen molar-refractivity contribution in [2.45, 2.75) is 32.7 Å². The number of thioether (sulfide) groups is 1. The van der Waals surface area contributed by atoms with Gasteiger partial charge in [-0.25, -0.2) is 0 Å². The van der Waals surface area contributed by atoms with Crippen LogP contribution >= 0.6 is 11.8 Å². The van der Waals surface area contributed by atoms with Crippen LogP contribution in [0.4, 0.5) is 0 Å². The molecule has 0 aromatic carbocycles. The minimum absolute atomic E-state index is 0.748. The minimum atomic E-state index is 0.748. The van der Waals surface area contributed by atoms with Gasteiger partial charge in [0.1, 0.15) is 0 Å². The molecule has 1 saturated heterocycles. The molecule has 2 nitrogen and oxygen atoms in total. The van der Waals surface area contributed by atoms with Crippen LogP contribution in [0.15, 0.2) is 0 Å². The van der Waals surface area contributed by atoms with E-state index in [0.717, 1.165) is 18.5 Å². The van der Waals surface area contributed by atoms with Crippen molar-refractivity contribution < 1.29 is 0 Å². The van der Waals surface area contributed by atoms with E-state index in [1.54, 1.807) is 0 Å². The van der Waals surface area contributed by atoms with E-state index < -0.39 is 0 Å². The SMILES string of the molecule is CCSCCN1CC(CN)CCC1C. The fourth-order valence-electron chi connectivity index (χ4n) is 2.09. The van der Waals surface area contributed by atoms with Crippen molar-refractivity contribution in [1.29, 1.82) is 0 Å². The second kappa shape index (κ2) is 6.70. The molecule has 0 spiro atoms. The van der Waals surface area contributed by atoms with Crippen molar-refractivity contribution in [3.8, 4) is 0 Å². The molecule has 0 bridgehead atoms. The minimum Gasteiger partial charge on any atom is -0.330 e. The van der Waals surface area contributed by atoms with E-state index in [9.17, 15) is 0 Å². The molecule has 1 aliphatic heterocycles. The molecule has 2 unspecified atom stereocenters. The monoisotopic (exact) mass is 216 g/mol. The molecule has 0 saturated carbocycles. The smallest absolute Gasteiger partial charge is 0.00753 e. The summed E-state index contributed by atoms with van der Waals surface area (Å²) in [6.07, 6.45) is 2.66. The van der Waals surface area contributed by atoms with Gasteiger partial charge in [0.05, 0.1) is 0 Å². The summed E-state index contributed by atoms with van der Waals surface area (Å²) in [5, 5.41) is 0. The molecule has 84 valence electrons. The number of rotatable bonds is 5. The molecule has 14 heavy (non-hydrogen) atoms. The first-order valence-corrected chi connectivity index (χ1v) is 6.95. The second-order valence-electron chi connectivity index (χ2n) is 4.22. The molecule has 1 heterocycles. The van der Waals surface area contributed by atoms with Crippen LogP contribution in [0.25, 0.3) is 0 Å². The second-order valence-corrected chi connectivity index (χ2v) is 5.61. The van der Waals surface area contributed by atoms with Gasteiger partial charge in [0.25, 0.3) is 0 Å². The lowest BCUT2D eigenvalue weighted by molar-refractivity contribution is 0.129. The molecule has 1 rings (SSSR count). The zero-order chi connectivity index (χ0) is 10.4. The Morgan fingerprint density at radius 1 is 1.43 bits per heavy atom. The molecule has 0 aromatic rings. The van der Waals surface area contributed by atoms with Crippen molar-refractivity contribution in [3.63, 3.8) is 0 Å². The molecule has 0 radical (unpaired) electrons. The fourth-order valence-corrected chi connectivity index (χ4v) is 2.74. The highest BCUT2D eigenvalue weighted by Crippen LogP contribution is 2.21. The standard InChI is InChI=1S/C11H24N2S/c1-3-14-7-6-13-9-11(8-12)5-4-10(13)2/h10-11H,3-9,12H2,1-2H3. The summed E-state index contributed by atoms with van der Waals surface area (Å²) in [4.78, 5) is 2.61. The Hall–Kier alpha value is 0.270. The Kier molecular flexibility index (Phi) is 5.90. The highest BCUT2D eigenvalue weighted by Gasteiger charge is 2.23. The molecular weight excluding hydrogens is 192 g/mol. The van der Waals surface area contributed by atoms with E-state index in [0.29, 0.717) is 0 Å². The molecule has 0 aliphatic carbocycles. The summed E-state index contributed by atoms with van der Waals surface area (Å²) in [5.41, 5.74) is 5.73. The van der Waals surface area contributed by atoms with Crippen molar-refractivity contribution >= 4 is 11.8 Å².